The molecule has 5 rings (SSSR count). The molecule has 0 spiro atoms. The van der Waals surface area contributed by atoms with E-state index in [1.165, 1.54) is 16.8 Å². The van der Waals surface area contributed by atoms with Crippen molar-refractivity contribution in [1.82, 2.24) is 24.1 Å². The lowest BCUT2D eigenvalue weighted by Gasteiger charge is -2.25. The molecule has 1 aromatic carbocycles. The predicted octanol–water partition coefficient (Wildman–Crippen LogP) is 4.95. The molecule has 1 saturated heterocycles. The van der Waals surface area contributed by atoms with Gasteiger partial charge in [0.25, 0.3) is 5.82 Å². The van der Waals surface area contributed by atoms with E-state index in [0.717, 1.165) is 18.5 Å². The van der Waals surface area contributed by atoms with Crippen LogP contribution in [0.4, 0.5) is 10.2 Å². The average molecular weight is 423 g/mol. The minimum absolute atomic E-state index is 0.0346. The molecule has 3 aromatic heterocycles. The number of benzene rings is 1. The van der Waals surface area contributed by atoms with E-state index >= 15 is 0 Å². The van der Waals surface area contributed by atoms with Crippen molar-refractivity contribution < 1.29 is 9.13 Å². The molecule has 0 radical (unpaired) electrons. The molecule has 1 aliphatic rings. The first kappa shape index (κ1) is 18.7. The van der Waals surface area contributed by atoms with Gasteiger partial charge in [-0.2, -0.15) is 0 Å². The Hall–Kier alpha value is -3.28. The average Bonchev–Trinajstić information content (AvgIpc) is 3.40. The fraction of sp³-hybridized carbons (Fsp3) is 0.238. The first-order chi connectivity index (χ1) is 14.7. The van der Waals surface area contributed by atoms with Crippen molar-refractivity contribution in [3.63, 3.8) is 0 Å². The molecule has 0 N–H and O–H groups in total. The summed E-state index contributed by atoms with van der Waals surface area (Å²) in [6.45, 7) is 8.71. The summed E-state index contributed by atoms with van der Waals surface area (Å²) in [5.74, 6) is -0.152. The smallest absolute Gasteiger partial charge is 0.275 e. The zero-order valence-corrected chi connectivity index (χ0v) is 16.6. The monoisotopic (exact) mass is 422 g/mol. The van der Waals surface area contributed by atoms with Crippen molar-refractivity contribution in [1.29, 1.82) is 0 Å². The molecule has 0 saturated carbocycles. The first-order valence-electron chi connectivity index (χ1n) is 9.48. The van der Waals surface area contributed by atoms with E-state index in [1.54, 1.807) is 18.5 Å². The zero-order valence-electron chi connectivity index (χ0n) is 15.8. The summed E-state index contributed by atoms with van der Waals surface area (Å²) in [5.41, 5.74) is 3.37. The summed E-state index contributed by atoms with van der Waals surface area (Å²) in [6.07, 6.45) is 4.99. The van der Waals surface area contributed by atoms with Crippen LogP contribution in [0.1, 0.15) is 18.9 Å². The lowest BCUT2D eigenvalue weighted by atomic mass is 10.1. The molecule has 4 aromatic rings. The van der Waals surface area contributed by atoms with Gasteiger partial charge in [0.1, 0.15) is 11.5 Å². The van der Waals surface area contributed by atoms with Crippen LogP contribution < -0.4 is 0 Å². The Balaban J connectivity index is 1.72. The quantitative estimate of drug-likeness (QED) is 0.438. The van der Waals surface area contributed by atoms with Crippen molar-refractivity contribution in [3.05, 3.63) is 65.1 Å². The molecule has 0 atom stereocenters. The van der Waals surface area contributed by atoms with Crippen molar-refractivity contribution >= 4 is 23.1 Å². The minimum Gasteiger partial charge on any atom is -0.381 e. The predicted molar refractivity (Wildman–Crippen MR) is 110 cm³/mol. The summed E-state index contributed by atoms with van der Waals surface area (Å²) in [6, 6.07) is 8.43. The molecular formula is C21H16ClFN6O. The fourth-order valence-electron chi connectivity index (χ4n) is 3.77. The Morgan fingerprint density at radius 2 is 2.00 bits per heavy atom. The second-order valence-corrected chi connectivity index (χ2v) is 7.45. The van der Waals surface area contributed by atoms with Crippen molar-refractivity contribution in [3.8, 4) is 22.6 Å². The van der Waals surface area contributed by atoms with Gasteiger partial charge in [-0.25, -0.2) is 14.4 Å². The van der Waals surface area contributed by atoms with Crippen molar-refractivity contribution in [2.45, 2.75) is 18.9 Å². The van der Waals surface area contributed by atoms with Crippen LogP contribution in [0, 0.1) is 12.4 Å². The molecule has 0 aliphatic carbocycles. The fourth-order valence-corrected chi connectivity index (χ4v) is 3.95. The number of aromatic nitrogens is 5. The van der Waals surface area contributed by atoms with Gasteiger partial charge in [0.05, 0.1) is 28.9 Å². The summed E-state index contributed by atoms with van der Waals surface area (Å²) < 4.78 is 22.9. The highest BCUT2D eigenvalue weighted by molar-refractivity contribution is 6.31. The van der Waals surface area contributed by atoms with Crippen LogP contribution in [0.25, 0.3) is 33.1 Å². The summed E-state index contributed by atoms with van der Waals surface area (Å²) in [7, 11) is 0. The second-order valence-electron chi connectivity index (χ2n) is 7.04. The number of hydrogen-bond acceptors (Lipinski definition) is 4. The standard InChI is InChI=1S/C21H16ClFN6O/c1-24-19-11-25-18-5-4-17(27-29(18)19)21-20(13-2-3-16(23)15(22)10-13)26-12-28(21)14-6-8-30-9-7-14/h2-5,10-12,14H,6-9H2. The molecule has 0 unspecified atom stereocenters. The van der Waals surface area contributed by atoms with E-state index in [1.807, 2.05) is 12.1 Å². The topological polar surface area (TPSA) is 61.6 Å². The van der Waals surface area contributed by atoms with Crippen LogP contribution in [-0.2, 0) is 4.74 Å². The molecule has 1 fully saturated rings. The molecule has 0 bridgehead atoms. The number of nitrogens with zero attached hydrogens (tertiary/aromatic N) is 6. The number of imidazole rings is 2. The molecular weight excluding hydrogens is 407 g/mol. The Morgan fingerprint density at radius 3 is 2.77 bits per heavy atom. The number of rotatable bonds is 3. The number of hydrogen-bond donors (Lipinski definition) is 0. The number of ether oxygens (including phenoxy) is 1. The van der Waals surface area contributed by atoms with Crippen molar-refractivity contribution in [2.75, 3.05) is 13.2 Å². The lowest BCUT2D eigenvalue weighted by molar-refractivity contribution is 0.0699. The maximum absolute atomic E-state index is 13.7. The number of fused-ring (bicyclic) bond motifs is 1. The van der Waals surface area contributed by atoms with E-state index in [9.17, 15) is 4.39 Å². The second kappa shape index (κ2) is 7.52. The molecule has 150 valence electrons. The van der Waals surface area contributed by atoms with Gasteiger partial charge in [-0.05, 0) is 37.1 Å². The summed E-state index contributed by atoms with van der Waals surface area (Å²) in [5, 5.41) is 4.71. The van der Waals surface area contributed by atoms with Crippen LogP contribution >= 0.6 is 11.6 Å². The lowest BCUT2D eigenvalue weighted by Crippen LogP contribution is -2.20. The normalized spacial score (nSPS) is 14.8. The van der Waals surface area contributed by atoms with Crippen LogP contribution in [-0.4, -0.2) is 37.4 Å². The third-order valence-corrected chi connectivity index (χ3v) is 5.56. The third kappa shape index (κ3) is 3.12. The van der Waals surface area contributed by atoms with Gasteiger partial charge in [-0.3, -0.25) is 0 Å². The van der Waals surface area contributed by atoms with Crippen LogP contribution in [0.15, 0.2) is 42.9 Å². The van der Waals surface area contributed by atoms with Crippen LogP contribution in [0.2, 0.25) is 5.02 Å². The van der Waals surface area contributed by atoms with Gasteiger partial charge < -0.3 is 14.1 Å². The van der Waals surface area contributed by atoms with E-state index in [4.69, 9.17) is 22.9 Å². The Labute approximate surface area is 176 Å². The molecule has 30 heavy (non-hydrogen) atoms. The SMILES string of the molecule is [C-]#[N+]c1cnc2ccc(-c3c(-c4ccc(F)c(Cl)c4)ncn3C3CCOCC3)nn12. The van der Waals surface area contributed by atoms with Crippen LogP contribution in [0.5, 0.6) is 0 Å². The highest BCUT2D eigenvalue weighted by Crippen LogP contribution is 2.36. The first-order valence-corrected chi connectivity index (χ1v) is 9.86. The largest absolute Gasteiger partial charge is 0.381 e. The van der Waals surface area contributed by atoms with E-state index in [-0.39, 0.29) is 11.1 Å². The van der Waals surface area contributed by atoms with Gasteiger partial charge in [0.2, 0.25) is 5.65 Å². The van der Waals surface area contributed by atoms with Gasteiger partial charge in [-0.15, -0.1) is 4.52 Å². The molecule has 4 heterocycles. The highest BCUT2D eigenvalue weighted by atomic mass is 35.5. The maximum Gasteiger partial charge on any atom is 0.275 e. The minimum atomic E-state index is -0.481. The Kier molecular flexibility index (Phi) is 4.69. The van der Waals surface area contributed by atoms with Crippen molar-refractivity contribution in [2.24, 2.45) is 0 Å². The summed E-state index contributed by atoms with van der Waals surface area (Å²) >= 11 is 6.03. The van der Waals surface area contributed by atoms with Gasteiger partial charge >= 0.3 is 0 Å². The van der Waals surface area contributed by atoms with Gasteiger partial charge in [0.15, 0.2) is 0 Å². The number of halogens is 2. The Morgan fingerprint density at radius 1 is 1.17 bits per heavy atom. The van der Waals surface area contributed by atoms with Gasteiger partial charge in [-0.1, -0.05) is 23.3 Å². The van der Waals surface area contributed by atoms with Crippen LogP contribution in [0.3, 0.4) is 0 Å². The molecule has 7 nitrogen and oxygen atoms in total. The molecule has 0 amide bonds. The molecule has 1 aliphatic heterocycles. The van der Waals surface area contributed by atoms with Gasteiger partial charge in [0, 0.05) is 30.9 Å². The Bertz CT molecular complexity index is 1280. The third-order valence-electron chi connectivity index (χ3n) is 5.27. The van der Waals surface area contributed by atoms with E-state index in [0.29, 0.717) is 41.6 Å². The zero-order chi connectivity index (χ0) is 20.7. The maximum atomic E-state index is 13.7. The molecule has 9 heteroatoms. The highest BCUT2D eigenvalue weighted by Gasteiger charge is 2.25. The summed E-state index contributed by atoms with van der Waals surface area (Å²) in [4.78, 5) is 12.3. The van der Waals surface area contributed by atoms with E-state index < -0.39 is 5.82 Å². The van der Waals surface area contributed by atoms with E-state index in [2.05, 4.69) is 24.5 Å².